The fourth-order valence-electron chi connectivity index (χ4n) is 2.21. The van der Waals surface area contributed by atoms with Crippen LogP contribution in [0.25, 0.3) is 0 Å². The van der Waals surface area contributed by atoms with Gasteiger partial charge in [-0.15, -0.1) is 0 Å². The summed E-state index contributed by atoms with van der Waals surface area (Å²) >= 11 is 0. The van der Waals surface area contributed by atoms with Crippen molar-refractivity contribution in [2.75, 3.05) is 6.54 Å². The van der Waals surface area contributed by atoms with Crippen molar-refractivity contribution in [2.45, 2.75) is 45.4 Å². The molecule has 2 atom stereocenters. The third-order valence-electron chi connectivity index (χ3n) is 3.46. The van der Waals surface area contributed by atoms with E-state index in [4.69, 9.17) is 9.84 Å². The number of carboxylic acid groups (broad SMARTS) is 1. The number of carbonyl (C=O) groups excluding carboxylic acids is 2. The number of ether oxygens (including phenoxy) is 1. The predicted octanol–water partition coefficient (Wildman–Crippen LogP) is 1.28. The Kier molecular flexibility index (Phi) is 9.14. The fraction of sp³-hybridized carbons (Fsp3) is 0.500. The van der Waals surface area contributed by atoms with Gasteiger partial charge >= 0.3 is 12.1 Å². The van der Waals surface area contributed by atoms with Crippen molar-refractivity contribution >= 4 is 18.0 Å². The lowest BCUT2D eigenvalue weighted by Gasteiger charge is -2.18. The molecule has 0 radical (unpaired) electrons. The number of aliphatic hydroxyl groups excluding tert-OH is 1. The number of benzene rings is 1. The lowest BCUT2D eigenvalue weighted by molar-refractivity contribution is -0.142. The third-order valence-corrected chi connectivity index (χ3v) is 3.46. The van der Waals surface area contributed by atoms with E-state index in [1.165, 1.54) is 0 Å². The number of hydrogen-bond acceptors (Lipinski definition) is 5. The van der Waals surface area contributed by atoms with Gasteiger partial charge in [0.1, 0.15) is 12.6 Å². The standard InChI is InChI=1S/C18H26N2O6/c1-12(2)8-15(17(23)24)20-16(22)9-14(21)10-19-18(25)26-11-13-6-4-3-5-7-13/h3-7,12,14-15,21H,8-11H2,1-2H3,(H,19,25)(H,20,22)(H,23,24)/t14-,15-/m0/s1. The Balaban J connectivity index is 2.29. The molecule has 2 amide bonds. The first-order valence-electron chi connectivity index (χ1n) is 8.42. The minimum atomic E-state index is -1.15. The van der Waals surface area contributed by atoms with Crippen LogP contribution in [0.1, 0.15) is 32.3 Å². The Morgan fingerprint density at radius 1 is 1.15 bits per heavy atom. The summed E-state index contributed by atoms with van der Waals surface area (Å²) in [4.78, 5) is 34.5. The second-order valence-electron chi connectivity index (χ2n) is 6.39. The van der Waals surface area contributed by atoms with E-state index in [1.54, 1.807) is 0 Å². The molecule has 8 nitrogen and oxygen atoms in total. The average Bonchev–Trinajstić information content (AvgIpc) is 2.58. The number of alkyl carbamates (subject to hydrolysis) is 1. The van der Waals surface area contributed by atoms with Gasteiger partial charge in [-0.2, -0.15) is 0 Å². The van der Waals surface area contributed by atoms with Gasteiger partial charge in [0.25, 0.3) is 0 Å². The van der Waals surface area contributed by atoms with E-state index < -0.39 is 30.1 Å². The Morgan fingerprint density at radius 3 is 2.38 bits per heavy atom. The minimum absolute atomic E-state index is 0.0960. The number of carbonyl (C=O) groups is 3. The molecule has 0 aliphatic carbocycles. The molecule has 1 rings (SSSR count). The van der Waals surface area contributed by atoms with Crippen molar-refractivity contribution in [1.82, 2.24) is 10.6 Å². The average molecular weight is 366 g/mol. The smallest absolute Gasteiger partial charge is 0.407 e. The SMILES string of the molecule is CC(C)C[C@H](NC(=O)C[C@H](O)CNC(=O)OCc1ccccc1)C(=O)O. The highest BCUT2D eigenvalue weighted by Gasteiger charge is 2.22. The van der Waals surface area contributed by atoms with Gasteiger partial charge in [0.05, 0.1) is 12.5 Å². The van der Waals surface area contributed by atoms with E-state index in [9.17, 15) is 19.5 Å². The van der Waals surface area contributed by atoms with Crippen LogP contribution in [0.15, 0.2) is 30.3 Å². The van der Waals surface area contributed by atoms with E-state index in [2.05, 4.69) is 10.6 Å². The molecule has 0 heterocycles. The first-order valence-corrected chi connectivity index (χ1v) is 8.42. The molecule has 0 spiro atoms. The molecular formula is C18H26N2O6. The molecular weight excluding hydrogens is 340 g/mol. The van der Waals surface area contributed by atoms with Crippen molar-refractivity contribution in [1.29, 1.82) is 0 Å². The van der Waals surface area contributed by atoms with Gasteiger partial charge < -0.3 is 25.6 Å². The molecule has 0 saturated heterocycles. The molecule has 1 aromatic carbocycles. The number of aliphatic hydroxyl groups is 1. The summed E-state index contributed by atoms with van der Waals surface area (Å²) in [5, 5.41) is 23.6. The Morgan fingerprint density at radius 2 is 1.81 bits per heavy atom. The van der Waals surface area contributed by atoms with Crippen molar-refractivity contribution in [3.8, 4) is 0 Å². The van der Waals surface area contributed by atoms with Gasteiger partial charge in [0.2, 0.25) is 5.91 Å². The molecule has 8 heteroatoms. The Hall–Kier alpha value is -2.61. The largest absolute Gasteiger partial charge is 0.480 e. The van der Waals surface area contributed by atoms with Gasteiger partial charge in [-0.05, 0) is 17.9 Å². The van der Waals surface area contributed by atoms with Gasteiger partial charge in [-0.3, -0.25) is 4.79 Å². The van der Waals surface area contributed by atoms with Gasteiger partial charge in [-0.25, -0.2) is 9.59 Å². The summed E-state index contributed by atoms with van der Waals surface area (Å²) in [5.41, 5.74) is 0.826. The molecule has 0 aromatic heterocycles. The van der Waals surface area contributed by atoms with Crippen LogP contribution in [0, 0.1) is 5.92 Å². The maximum Gasteiger partial charge on any atom is 0.407 e. The van der Waals surface area contributed by atoms with Gasteiger partial charge in [0, 0.05) is 6.54 Å². The highest BCUT2D eigenvalue weighted by atomic mass is 16.5. The monoisotopic (exact) mass is 366 g/mol. The second-order valence-corrected chi connectivity index (χ2v) is 6.39. The summed E-state index contributed by atoms with van der Waals surface area (Å²) in [5.74, 6) is -1.61. The summed E-state index contributed by atoms with van der Waals surface area (Å²) < 4.78 is 4.98. The van der Waals surface area contributed by atoms with Crippen molar-refractivity contribution in [2.24, 2.45) is 5.92 Å². The topological polar surface area (TPSA) is 125 Å². The highest BCUT2D eigenvalue weighted by Crippen LogP contribution is 2.06. The van der Waals surface area contributed by atoms with Crippen molar-refractivity contribution in [3.63, 3.8) is 0 Å². The first-order chi connectivity index (χ1) is 12.3. The van der Waals surface area contributed by atoms with Crippen LogP contribution in [0.4, 0.5) is 4.79 Å². The summed E-state index contributed by atoms with van der Waals surface area (Å²) in [6.07, 6.45) is -1.88. The molecule has 0 aliphatic rings. The third kappa shape index (κ3) is 9.03. The van der Waals surface area contributed by atoms with Crippen LogP contribution in [-0.2, 0) is 20.9 Å². The van der Waals surface area contributed by atoms with Crippen molar-refractivity contribution in [3.05, 3.63) is 35.9 Å². The normalized spacial score (nSPS) is 12.9. The molecule has 0 unspecified atom stereocenters. The molecule has 144 valence electrons. The maximum absolute atomic E-state index is 11.8. The second kappa shape index (κ2) is 11.1. The molecule has 0 saturated carbocycles. The van der Waals surface area contributed by atoms with Crippen LogP contribution in [0.3, 0.4) is 0 Å². The Bertz CT molecular complexity index is 591. The van der Waals surface area contributed by atoms with Crippen LogP contribution >= 0.6 is 0 Å². The molecule has 0 aliphatic heterocycles. The van der Waals surface area contributed by atoms with Crippen LogP contribution in [-0.4, -0.2) is 46.9 Å². The number of aliphatic carboxylic acids is 1. The number of nitrogens with one attached hydrogen (secondary N) is 2. The minimum Gasteiger partial charge on any atom is -0.480 e. The van der Waals surface area contributed by atoms with Crippen LogP contribution < -0.4 is 10.6 Å². The Labute approximate surface area is 152 Å². The van der Waals surface area contributed by atoms with E-state index in [-0.39, 0.29) is 25.5 Å². The summed E-state index contributed by atoms with van der Waals surface area (Å²) in [6, 6.07) is 8.11. The number of hydrogen-bond donors (Lipinski definition) is 4. The molecule has 0 fully saturated rings. The number of carboxylic acids is 1. The zero-order chi connectivity index (χ0) is 19.5. The predicted molar refractivity (Wildman–Crippen MR) is 94.3 cm³/mol. The van der Waals surface area contributed by atoms with Gasteiger partial charge in [-0.1, -0.05) is 44.2 Å². The summed E-state index contributed by atoms with van der Waals surface area (Å²) in [6.45, 7) is 3.62. The molecule has 1 aromatic rings. The van der Waals surface area contributed by atoms with E-state index in [1.807, 2.05) is 44.2 Å². The zero-order valence-corrected chi connectivity index (χ0v) is 15.0. The van der Waals surface area contributed by atoms with Crippen LogP contribution in [0.2, 0.25) is 0 Å². The lowest BCUT2D eigenvalue weighted by atomic mass is 10.0. The number of amides is 2. The number of rotatable bonds is 10. The maximum atomic E-state index is 11.8. The molecule has 0 bridgehead atoms. The quantitative estimate of drug-likeness (QED) is 0.494. The van der Waals surface area contributed by atoms with E-state index in [0.717, 1.165) is 5.56 Å². The van der Waals surface area contributed by atoms with Crippen molar-refractivity contribution < 1.29 is 29.3 Å². The lowest BCUT2D eigenvalue weighted by Crippen LogP contribution is -2.44. The molecule has 26 heavy (non-hydrogen) atoms. The first kappa shape index (κ1) is 21.4. The zero-order valence-electron chi connectivity index (χ0n) is 15.0. The van der Waals surface area contributed by atoms with E-state index >= 15 is 0 Å². The summed E-state index contributed by atoms with van der Waals surface area (Å²) in [7, 11) is 0. The van der Waals surface area contributed by atoms with E-state index in [0.29, 0.717) is 6.42 Å². The van der Waals surface area contributed by atoms with Crippen LogP contribution in [0.5, 0.6) is 0 Å². The molecule has 4 N–H and O–H groups in total. The highest BCUT2D eigenvalue weighted by molar-refractivity contribution is 5.83. The van der Waals surface area contributed by atoms with Gasteiger partial charge in [0.15, 0.2) is 0 Å². The fourth-order valence-corrected chi connectivity index (χ4v) is 2.21.